The van der Waals surface area contributed by atoms with Gasteiger partial charge in [-0.1, -0.05) is 0 Å². The molecule has 7 heteroatoms. The lowest BCUT2D eigenvalue weighted by molar-refractivity contribution is -0.275. The first-order valence-corrected chi connectivity index (χ1v) is 5.09. The van der Waals surface area contributed by atoms with Crippen molar-refractivity contribution < 1.29 is 17.9 Å². The van der Waals surface area contributed by atoms with Crippen LogP contribution in [0.4, 0.5) is 13.2 Å². The van der Waals surface area contributed by atoms with E-state index in [0.29, 0.717) is 5.69 Å². The minimum absolute atomic E-state index is 0.0109. The zero-order valence-corrected chi connectivity index (χ0v) is 9.56. The lowest BCUT2D eigenvalue weighted by Gasteiger charge is -2.14. The van der Waals surface area contributed by atoms with Crippen LogP contribution in [-0.2, 0) is 12.3 Å². The van der Waals surface area contributed by atoms with Gasteiger partial charge in [-0.15, -0.1) is 24.8 Å². The number of rotatable bonds is 3. The van der Waals surface area contributed by atoms with Gasteiger partial charge in [-0.3, -0.25) is 4.98 Å². The topological polar surface area (TPSA) is 45.9 Å². The highest BCUT2D eigenvalue weighted by atomic mass is 35.5. The standard InChI is InChI=1S/C10H8ClF3N2O/c1-6-9(17-10(12,13)14)7(5-11)4-8(16-6)2-3-15/h4H,2,5H2,1H3. The maximum atomic E-state index is 12.1. The molecule has 0 amide bonds. The van der Waals surface area contributed by atoms with E-state index in [1.165, 1.54) is 13.0 Å². The largest absolute Gasteiger partial charge is 0.573 e. The zero-order chi connectivity index (χ0) is 13.1. The number of alkyl halides is 4. The molecule has 92 valence electrons. The van der Waals surface area contributed by atoms with Crippen LogP contribution in [0.5, 0.6) is 5.75 Å². The van der Waals surface area contributed by atoms with E-state index in [9.17, 15) is 13.2 Å². The van der Waals surface area contributed by atoms with Gasteiger partial charge in [0, 0.05) is 5.56 Å². The second-order valence-electron chi connectivity index (χ2n) is 3.20. The fourth-order valence-corrected chi connectivity index (χ4v) is 1.52. The average Bonchev–Trinajstić information content (AvgIpc) is 2.20. The van der Waals surface area contributed by atoms with E-state index < -0.39 is 12.1 Å². The van der Waals surface area contributed by atoms with Gasteiger partial charge in [0.25, 0.3) is 0 Å². The van der Waals surface area contributed by atoms with Gasteiger partial charge in [0.2, 0.25) is 0 Å². The fourth-order valence-electron chi connectivity index (χ4n) is 1.32. The van der Waals surface area contributed by atoms with Crippen LogP contribution < -0.4 is 4.74 Å². The predicted octanol–water partition coefficient (Wildman–Crippen LogP) is 3.09. The monoisotopic (exact) mass is 264 g/mol. The number of nitriles is 1. The molecule has 1 heterocycles. The lowest BCUT2D eigenvalue weighted by atomic mass is 10.1. The molecule has 17 heavy (non-hydrogen) atoms. The van der Waals surface area contributed by atoms with Gasteiger partial charge in [0.15, 0.2) is 5.75 Å². The van der Waals surface area contributed by atoms with Crippen molar-refractivity contribution in [1.82, 2.24) is 4.98 Å². The smallest absolute Gasteiger partial charge is 0.404 e. The first-order valence-electron chi connectivity index (χ1n) is 4.55. The highest BCUT2D eigenvalue weighted by Gasteiger charge is 2.33. The van der Waals surface area contributed by atoms with Crippen molar-refractivity contribution >= 4 is 11.6 Å². The number of ether oxygens (including phenoxy) is 1. The fraction of sp³-hybridized carbons (Fsp3) is 0.400. The van der Waals surface area contributed by atoms with Gasteiger partial charge in [-0.25, -0.2) is 0 Å². The van der Waals surface area contributed by atoms with Crippen molar-refractivity contribution in [2.45, 2.75) is 25.6 Å². The number of pyridine rings is 1. The van der Waals surface area contributed by atoms with Crippen LogP contribution >= 0.6 is 11.6 Å². The number of halogens is 4. The molecular formula is C10H8ClF3N2O. The number of hydrogen-bond acceptors (Lipinski definition) is 3. The van der Waals surface area contributed by atoms with Crippen LogP contribution in [0.3, 0.4) is 0 Å². The van der Waals surface area contributed by atoms with E-state index in [2.05, 4.69) is 9.72 Å². The summed E-state index contributed by atoms with van der Waals surface area (Å²) in [5, 5.41) is 8.50. The summed E-state index contributed by atoms with van der Waals surface area (Å²) in [6, 6.07) is 3.20. The number of nitrogens with zero attached hydrogens (tertiary/aromatic N) is 2. The molecule has 3 nitrogen and oxygen atoms in total. The van der Waals surface area contributed by atoms with Crippen LogP contribution in [0.15, 0.2) is 6.07 Å². The third-order valence-electron chi connectivity index (χ3n) is 1.89. The summed E-state index contributed by atoms with van der Waals surface area (Å²) < 4.78 is 40.3. The highest BCUT2D eigenvalue weighted by Crippen LogP contribution is 2.30. The van der Waals surface area contributed by atoms with Gasteiger partial charge in [-0.05, 0) is 13.0 Å². The normalized spacial score (nSPS) is 11.1. The average molecular weight is 265 g/mol. The van der Waals surface area contributed by atoms with E-state index in [1.54, 1.807) is 0 Å². The second-order valence-corrected chi connectivity index (χ2v) is 3.47. The van der Waals surface area contributed by atoms with Gasteiger partial charge in [0.1, 0.15) is 0 Å². The van der Waals surface area contributed by atoms with Gasteiger partial charge in [0.05, 0.1) is 29.8 Å². The molecule has 0 aliphatic heterocycles. The number of aryl methyl sites for hydroxylation is 1. The zero-order valence-electron chi connectivity index (χ0n) is 8.81. The SMILES string of the molecule is Cc1nc(CC#N)cc(CCl)c1OC(F)(F)F. The summed E-state index contributed by atoms with van der Waals surface area (Å²) in [4.78, 5) is 3.85. The van der Waals surface area contributed by atoms with E-state index in [1.807, 2.05) is 6.07 Å². The van der Waals surface area contributed by atoms with Crippen LogP contribution in [-0.4, -0.2) is 11.3 Å². The summed E-state index contributed by atoms with van der Waals surface area (Å²) in [7, 11) is 0. The summed E-state index contributed by atoms with van der Waals surface area (Å²) in [5.41, 5.74) is 0.600. The molecule has 0 aliphatic carbocycles. The summed E-state index contributed by atoms with van der Waals surface area (Å²) >= 11 is 5.55. The van der Waals surface area contributed by atoms with Gasteiger partial charge >= 0.3 is 6.36 Å². The van der Waals surface area contributed by atoms with E-state index in [-0.39, 0.29) is 23.6 Å². The van der Waals surface area contributed by atoms with Gasteiger partial charge < -0.3 is 4.74 Å². The Morgan fingerprint density at radius 2 is 2.18 bits per heavy atom. The number of aromatic nitrogens is 1. The Labute approximate surface area is 101 Å². The molecule has 0 N–H and O–H groups in total. The summed E-state index contributed by atoms with van der Waals surface area (Å²) in [5.74, 6) is -0.540. The van der Waals surface area contributed by atoms with Crippen LogP contribution in [0.1, 0.15) is 17.0 Å². The Morgan fingerprint density at radius 1 is 1.53 bits per heavy atom. The maximum absolute atomic E-state index is 12.1. The molecule has 0 aromatic carbocycles. The molecule has 0 unspecified atom stereocenters. The van der Waals surface area contributed by atoms with Crippen molar-refractivity contribution in [1.29, 1.82) is 5.26 Å². The Kier molecular flexibility index (Phi) is 4.18. The Hall–Kier alpha value is -1.48. The Balaban J connectivity index is 3.17. The summed E-state index contributed by atoms with van der Waals surface area (Å²) in [6.45, 7) is 1.37. The molecular weight excluding hydrogens is 257 g/mol. The maximum Gasteiger partial charge on any atom is 0.573 e. The second kappa shape index (κ2) is 5.23. The summed E-state index contributed by atoms with van der Waals surface area (Å²) in [6.07, 6.45) is -4.78. The Morgan fingerprint density at radius 3 is 2.65 bits per heavy atom. The molecule has 0 saturated heterocycles. The molecule has 1 aromatic rings. The van der Waals surface area contributed by atoms with Crippen molar-refractivity contribution in [2.75, 3.05) is 0 Å². The highest BCUT2D eigenvalue weighted by molar-refractivity contribution is 6.17. The van der Waals surface area contributed by atoms with Crippen LogP contribution in [0.2, 0.25) is 0 Å². The van der Waals surface area contributed by atoms with Crippen LogP contribution in [0.25, 0.3) is 0 Å². The molecule has 1 aromatic heterocycles. The molecule has 0 atom stereocenters. The molecule has 0 radical (unpaired) electrons. The lowest BCUT2D eigenvalue weighted by Crippen LogP contribution is -2.19. The molecule has 0 fully saturated rings. The predicted molar refractivity (Wildman–Crippen MR) is 54.5 cm³/mol. The van der Waals surface area contributed by atoms with Gasteiger partial charge in [-0.2, -0.15) is 5.26 Å². The van der Waals surface area contributed by atoms with Crippen molar-refractivity contribution in [3.63, 3.8) is 0 Å². The first-order chi connectivity index (χ1) is 7.87. The third-order valence-corrected chi connectivity index (χ3v) is 2.18. The third kappa shape index (κ3) is 3.79. The quantitative estimate of drug-likeness (QED) is 0.788. The molecule has 0 spiro atoms. The minimum Gasteiger partial charge on any atom is -0.404 e. The Bertz CT molecular complexity index is 454. The minimum atomic E-state index is -4.79. The first kappa shape index (κ1) is 13.6. The van der Waals surface area contributed by atoms with Crippen molar-refractivity contribution in [2.24, 2.45) is 0 Å². The van der Waals surface area contributed by atoms with Crippen molar-refractivity contribution in [3.8, 4) is 11.8 Å². The van der Waals surface area contributed by atoms with E-state index in [0.717, 1.165) is 0 Å². The molecule has 1 rings (SSSR count). The molecule has 0 aliphatic rings. The van der Waals surface area contributed by atoms with Crippen LogP contribution in [0, 0.1) is 18.3 Å². The van der Waals surface area contributed by atoms with Crippen molar-refractivity contribution in [3.05, 3.63) is 23.0 Å². The molecule has 0 bridgehead atoms. The van der Waals surface area contributed by atoms with E-state index in [4.69, 9.17) is 16.9 Å². The molecule has 0 saturated carbocycles. The van der Waals surface area contributed by atoms with E-state index >= 15 is 0 Å². The number of hydrogen-bond donors (Lipinski definition) is 0.